The molecule has 1 fully saturated rings. The number of anilines is 2. The van der Waals surface area contributed by atoms with Crippen LogP contribution in [0.1, 0.15) is 16.7 Å². The van der Waals surface area contributed by atoms with Crippen molar-refractivity contribution in [2.24, 2.45) is 0 Å². The summed E-state index contributed by atoms with van der Waals surface area (Å²) in [6.45, 7) is 6.51. The Hall–Kier alpha value is -2.70. The maximum Gasteiger partial charge on any atom is 0.416 e. The second-order valence-electron chi connectivity index (χ2n) is 6.75. The number of carbonyl (C=O) groups excluding carboxylic acids is 1. The number of carbonyl (C=O) groups is 1. The van der Waals surface area contributed by atoms with Gasteiger partial charge in [0.2, 0.25) is 0 Å². The number of piperazine rings is 1. The fourth-order valence-electron chi connectivity index (χ4n) is 3.07. The average molecular weight is 377 g/mol. The molecule has 1 saturated heterocycles. The minimum atomic E-state index is -4.43. The number of benzene rings is 2. The normalized spacial score (nSPS) is 15.0. The van der Waals surface area contributed by atoms with Crippen LogP contribution in [0.2, 0.25) is 0 Å². The summed E-state index contributed by atoms with van der Waals surface area (Å²) in [5, 5.41) is 2.56. The summed E-state index contributed by atoms with van der Waals surface area (Å²) in [4.78, 5) is 16.2. The Morgan fingerprint density at radius 3 is 2.30 bits per heavy atom. The first-order chi connectivity index (χ1) is 12.7. The Bertz CT molecular complexity index is 827. The fraction of sp³-hybridized carbons (Fsp3) is 0.350. The minimum Gasteiger partial charge on any atom is -0.368 e. The molecular weight excluding hydrogens is 355 g/mol. The quantitative estimate of drug-likeness (QED) is 0.825. The molecule has 1 aliphatic rings. The van der Waals surface area contributed by atoms with Crippen LogP contribution in [0, 0.1) is 13.8 Å². The molecule has 144 valence electrons. The van der Waals surface area contributed by atoms with Crippen LogP contribution in [0.4, 0.5) is 29.3 Å². The summed E-state index contributed by atoms with van der Waals surface area (Å²) in [6, 6.07) is 10.6. The van der Waals surface area contributed by atoms with E-state index in [1.165, 1.54) is 23.3 Å². The van der Waals surface area contributed by atoms with Crippen LogP contribution in [0.3, 0.4) is 0 Å². The van der Waals surface area contributed by atoms with Gasteiger partial charge in [0.05, 0.1) is 5.56 Å². The molecule has 0 spiro atoms. The number of hydrogen-bond acceptors (Lipinski definition) is 2. The number of nitrogens with one attached hydrogen (secondary N) is 1. The maximum absolute atomic E-state index is 12.8. The van der Waals surface area contributed by atoms with E-state index in [0.717, 1.165) is 17.8 Å². The van der Waals surface area contributed by atoms with E-state index in [4.69, 9.17) is 0 Å². The summed E-state index contributed by atoms with van der Waals surface area (Å²) in [6.07, 6.45) is -4.43. The summed E-state index contributed by atoms with van der Waals surface area (Å²) >= 11 is 0. The van der Waals surface area contributed by atoms with Crippen LogP contribution in [0.5, 0.6) is 0 Å². The summed E-state index contributed by atoms with van der Waals surface area (Å²) in [5.41, 5.74) is 2.94. The molecule has 1 N–H and O–H groups in total. The average Bonchev–Trinajstić information content (AvgIpc) is 2.63. The van der Waals surface area contributed by atoms with Gasteiger partial charge >= 0.3 is 12.2 Å². The topological polar surface area (TPSA) is 35.6 Å². The van der Waals surface area contributed by atoms with Crippen molar-refractivity contribution in [3.8, 4) is 0 Å². The van der Waals surface area contributed by atoms with Gasteiger partial charge in [-0.3, -0.25) is 0 Å². The summed E-state index contributed by atoms with van der Waals surface area (Å²) in [7, 11) is 0. The predicted octanol–water partition coefficient (Wildman–Crippen LogP) is 4.68. The van der Waals surface area contributed by atoms with Gasteiger partial charge in [-0.25, -0.2) is 4.79 Å². The zero-order valence-electron chi connectivity index (χ0n) is 15.3. The molecule has 2 amide bonds. The Kier molecular flexibility index (Phi) is 5.30. The molecule has 0 radical (unpaired) electrons. The van der Waals surface area contributed by atoms with Crippen molar-refractivity contribution in [2.75, 3.05) is 36.4 Å². The first-order valence-corrected chi connectivity index (χ1v) is 8.79. The maximum atomic E-state index is 12.8. The molecule has 1 heterocycles. The zero-order valence-corrected chi connectivity index (χ0v) is 15.3. The predicted molar refractivity (Wildman–Crippen MR) is 100 cm³/mol. The highest BCUT2D eigenvalue weighted by molar-refractivity contribution is 5.89. The Morgan fingerprint density at radius 1 is 0.963 bits per heavy atom. The monoisotopic (exact) mass is 377 g/mol. The van der Waals surface area contributed by atoms with E-state index < -0.39 is 11.7 Å². The second-order valence-corrected chi connectivity index (χ2v) is 6.75. The standard InChI is InChI=1S/C20H22F3N3O/c1-14-6-7-18(12-15(14)2)25-8-10-26(11-9-25)19(27)24-17-5-3-4-16(13-17)20(21,22)23/h3-7,12-13H,8-11H2,1-2H3,(H,24,27). The molecule has 1 aliphatic heterocycles. The van der Waals surface area contributed by atoms with E-state index >= 15 is 0 Å². The second kappa shape index (κ2) is 7.50. The molecule has 7 heteroatoms. The van der Waals surface area contributed by atoms with Crippen LogP contribution < -0.4 is 10.2 Å². The SMILES string of the molecule is Cc1ccc(N2CCN(C(=O)Nc3cccc(C(F)(F)F)c3)CC2)cc1C. The van der Waals surface area contributed by atoms with Crippen molar-refractivity contribution >= 4 is 17.4 Å². The van der Waals surface area contributed by atoms with E-state index in [0.29, 0.717) is 26.2 Å². The molecule has 0 aromatic heterocycles. The van der Waals surface area contributed by atoms with Gasteiger partial charge in [-0.15, -0.1) is 0 Å². The van der Waals surface area contributed by atoms with Gasteiger partial charge < -0.3 is 15.1 Å². The van der Waals surface area contributed by atoms with E-state index in [-0.39, 0.29) is 11.7 Å². The highest BCUT2D eigenvalue weighted by Crippen LogP contribution is 2.30. The third-order valence-electron chi connectivity index (χ3n) is 4.86. The number of nitrogens with zero attached hydrogens (tertiary/aromatic N) is 2. The Balaban J connectivity index is 1.59. The Labute approximate surface area is 156 Å². The van der Waals surface area contributed by atoms with E-state index in [9.17, 15) is 18.0 Å². The van der Waals surface area contributed by atoms with Crippen LogP contribution >= 0.6 is 0 Å². The van der Waals surface area contributed by atoms with Gasteiger partial charge in [0.1, 0.15) is 0 Å². The molecule has 0 unspecified atom stereocenters. The van der Waals surface area contributed by atoms with Crippen LogP contribution in [-0.2, 0) is 6.18 Å². The summed E-state index contributed by atoms with van der Waals surface area (Å²) in [5.74, 6) is 0. The molecule has 3 rings (SSSR count). The zero-order chi connectivity index (χ0) is 19.6. The van der Waals surface area contributed by atoms with Crippen LogP contribution in [-0.4, -0.2) is 37.1 Å². The lowest BCUT2D eigenvalue weighted by Crippen LogP contribution is -2.50. The lowest BCUT2D eigenvalue weighted by molar-refractivity contribution is -0.137. The number of aryl methyl sites for hydroxylation is 2. The molecule has 0 atom stereocenters. The number of halogens is 3. The van der Waals surface area contributed by atoms with Crippen molar-refractivity contribution in [3.63, 3.8) is 0 Å². The van der Waals surface area contributed by atoms with E-state index in [2.05, 4.69) is 42.3 Å². The number of rotatable bonds is 2. The number of amides is 2. The molecule has 2 aromatic rings. The third kappa shape index (κ3) is 4.53. The van der Waals surface area contributed by atoms with Gasteiger partial charge in [0, 0.05) is 37.6 Å². The molecule has 2 aromatic carbocycles. The van der Waals surface area contributed by atoms with E-state index in [1.807, 2.05) is 0 Å². The fourth-order valence-corrected chi connectivity index (χ4v) is 3.07. The van der Waals surface area contributed by atoms with Crippen LogP contribution in [0.15, 0.2) is 42.5 Å². The van der Waals surface area contributed by atoms with Crippen molar-refractivity contribution < 1.29 is 18.0 Å². The largest absolute Gasteiger partial charge is 0.416 e. The molecule has 0 bridgehead atoms. The van der Waals surface area contributed by atoms with Gasteiger partial charge in [-0.1, -0.05) is 12.1 Å². The number of alkyl halides is 3. The lowest BCUT2D eigenvalue weighted by Gasteiger charge is -2.36. The first-order valence-electron chi connectivity index (χ1n) is 8.79. The van der Waals surface area contributed by atoms with Gasteiger partial charge in [0.15, 0.2) is 0 Å². The Morgan fingerprint density at radius 2 is 1.67 bits per heavy atom. The van der Waals surface area contributed by atoms with Crippen molar-refractivity contribution in [2.45, 2.75) is 20.0 Å². The smallest absolute Gasteiger partial charge is 0.368 e. The minimum absolute atomic E-state index is 0.145. The van der Waals surface area contributed by atoms with Gasteiger partial charge in [0.25, 0.3) is 0 Å². The van der Waals surface area contributed by atoms with E-state index in [1.54, 1.807) is 4.90 Å². The lowest BCUT2D eigenvalue weighted by atomic mass is 10.1. The molecule has 27 heavy (non-hydrogen) atoms. The van der Waals surface area contributed by atoms with Crippen LogP contribution in [0.25, 0.3) is 0 Å². The highest BCUT2D eigenvalue weighted by atomic mass is 19.4. The summed E-state index contributed by atoms with van der Waals surface area (Å²) < 4.78 is 38.4. The van der Waals surface area contributed by atoms with Gasteiger partial charge in [-0.2, -0.15) is 13.2 Å². The van der Waals surface area contributed by atoms with Gasteiger partial charge in [-0.05, 0) is 55.3 Å². The first kappa shape index (κ1) is 19.1. The number of hydrogen-bond donors (Lipinski definition) is 1. The third-order valence-corrected chi connectivity index (χ3v) is 4.86. The van der Waals surface area contributed by atoms with Crippen molar-refractivity contribution in [1.82, 2.24) is 4.90 Å². The van der Waals surface area contributed by atoms with Crippen molar-refractivity contribution in [1.29, 1.82) is 0 Å². The number of urea groups is 1. The highest BCUT2D eigenvalue weighted by Gasteiger charge is 2.30. The molecule has 0 saturated carbocycles. The van der Waals surface area contributed by atoms with Crippen molar-refractivity contribution in [3.05, 3.63) is 59.2 Å². The molecule has 0 aliphatic carbocycles. The molecular formula is C20H22F3N3O. The molecule has 4 nitrogen and oxygen atoms in total.